The van der Waals surface area contributed by atoms with Gasteiger partial charge in [-0.15, -0.1) is 0 Å². The van der Waals surface area contributed by atoms with E-state index in [1.165, 1.54) is 43.5 Å². The monoisotopic (exact) mass is 459 g/mol. The quantitative estimate of drug-likeness (QED) is 0.491. The standard InChI is InChI=1S/C21H21N3O7S/c1-13-17(10-14-4-9-18(19(11-14)29-2)31-12-20(25)30-3)21(26)24(23-13)15-5-7-16(8-6-15)32(22,27)28/h4-11H,12H2,1-3H3,(H2,22,27,28)/b17-10-. The number of hydrogen-bond acceptors (Lipinski definition) is 8. The SMILES string of the molecule is COC(=O)COc1ccc(/C=C2\C(=O)N(c3ccc(S(N)(=O)=O)cc3)N=C2C)cc1OC. The molecule has 0 radical (unpaired) electrons. The summed E-state index contributed by atoms with van der Waals surface area (Å²) in [5, 5.41) is 10.6. The summed E-state index contributed by atoms with van der Waals surface area (Å²) in [6, 6.07) is 10.5. The van der Waals surface area contributed by atoms with Crippen molar-refractivity contribution in [1.82, 2.24) is 0 Å². The molecule has 0 aromatic heterocycles. The highest BCUT2D eigenvalue weighted by molar-refractivity contribution is 7.89. The molecule has 1 amide bonds. The van der Waals surface area contributed by atoms with Gasteiger partial charge in [0.2, 0.25) is 10.0 Å². The summed E-state index contributed by atoms with van der Waals surface area (Å²) in [7, 11) is -1.12. The number of primary sulfonamides is 1. The van der Waals surface area contributed by atoms with Crippen LogP contribution in [-0.4, -0.2) is 46.8 Å². The number of carbonyl (C=O) groups excluding carboxylic acids is 2. The van der Waals surface area contributed by atoms with Crippen LogP contribution in [-0.2, 0) is 24.3 Å². The molecular formula is C21H21N3O7S. The fraction of sp³-hybridized carbons (Fsp3) is 0.190. The zero-order chi connectivity index (χ0) is 23.5. The number of amides is 1. The topological polar surface area (TPSA) is 138 Å². The Labute approximate surface area is 184 Å². The van der Waals surface area contributed by atoms with Crippen LogP contribution in [0, 0.1) is 0 Å². The van der Waals surface area contributed by atoms with Crippen LogP contribution in [0.5, 0.6) is 11.5 Å². The van der Waals surface area contributed by atoms with E-state index in [0.29, 0.717) is 34.0 Å². The van der Waals surface area contributed by atoms with Crippen molar-refractivity contribution in [2.24, 2.45) is 10.2 Å². The van der Waals surface area contributed by atoms with Crippen molar-refractivity contribution in [2.45, 2.75) is 11.8 Å². The number of ether oxygens (including phenoxy) is 3. The van der Waals surface area contributed by atoms with Crippen LogP contribution in [0.15, 0.2) is 58.0 Å². The van der Waals surface area contributed by atoms with Gasteiger partial charge in [-0.2, -0.15) is 10.1 Å². The highest BCUT2D eigenvalue weighted by Crippen LogP contribution is 2.31. The predicted octanol–water partition coefficient (Wildman–Crippen LogP) is 1.70. The minimum absolute atomic E-state index is 0.0639. The highest BCUT2D eigenvalue weighted by atomic mass is 32.2. The summed E-state index contributed by atoms with van der Waals surface area (Å²) in [4.78, 5) is 24.1. The first-order valence-electron chi connectivity index (χ1n) is 9.26. The van der Waals surface area contributed by atoms with Crippen LogP contribution in [0.25, 0.3) is 6.08 Å². The van der Waals surface area contributed by atoms with Gasteiger partial charge in [0.05, 0.1) is 36.1 Å². The van der Waals surface area contributed by atoms with E-state index in [9.17, 15) is 18.0 Å². The van der Waals surface area contributed by atoms with Crippen molar-refractivity contribution in [3.8, 4) is 11.5 Å². The van der Waals surface area contributed by atoms with E-state index in [2.05, 4.69) is 9.84 Å². The Morgan fingerprint density at radius 3 is 2.41 bits per heavy atom. The molecule has 2 N–H and O–H groups in total. The second-order valence-corrected chi connectivity index (χ2v) is 8.24. The summed E-state index contributed by atoms with van der Waals surface area (Å²) in [5.74, 6) is -0.187. The van der Waals surface area contributed by atoms with E-state index < -0.39 is 16.0 Å². The smallest absolute Gasteiger partial charge is 0.343 e. The van der Waals surface area contributed by atoms with Crippen LogP contribution in [0.3, 0.4) is 0 Å². The summed E-state index contributed by atoms with van der Waals surface area (Å²) < 4.78 is 38.1. The minimum atomic E-state index is -3.84. The first-order valence-corrected chi connectivity index (χ1v) is 10.8. The van der Waals surface area contributed by atoms with Crippen LogP contribution in [0.4, 0.5) is 5.69 Å². The van der Waals surface area contributed by atoms with Crippen molar-refractivity contribution < 1.29 is 32.2 Å². The van der Waals surface area contributed by atoms with E-state index in [1.807, 2.05) is 0 Å². The zero-order valence-corrected chi connectivity index (χ0v) is 18.4. The summed E-state index contributed by atoms with van der Waals surface area (Å²) in [5.41, 5.74) is 1.88. The van der Waals surface area contributed by atoms with Crippen LogP contribution in [0.1, 0.15) is 12.5 Å². The van der Waals surface area contributed by atoms with Crippen molar-refractivity contribution >= 4 is 39.4 Å². The zero-order valence-electron chi connectivity index (χ0n) is 17.6. The molecule has 2 aromatic carbocycles. The minimum Gasteiger partial charge on any atom is -0.493 e. The van der Waals surface area contributed by atoms with Crippen molar-refractivity contribution in [2.75, 3.05) is 25.8 Å². The lowest BCUT2D eigenvalue weighted by Gasteiger charge is -2.12. The van der Waals surface area contributed by atoms with Gasteiger partial charge >= 0.3 is 5.97 Å². The molecule has 0 saturated carbocycles. The van der Waals surface area contributed by atoms with E-state index in [-0.39, 0.29) is 17.4 Å². The van der Waals surface area contributed by atoms with Gasteiger partial charge < -0.3 is 14.2 Å². The molecule has 32 heavy (non-hydrogen) atoms. The molecule has 3 rings (SSSR count). The predicted molar refractivity (Wildman–Crippen MR) is 117 cm³/mol. The van der Waals surface area contributed by atoms with E-state index >= 15 is 0 Å². The Kier molecular flexibility index (Phi) is 6.61. The van der Waals surface area contributed by atoms with Crippen LogP contribution < -0.4 is 19.6 Å². The van der Waals surface area contributed by atoms with Gasteiger partial charge in [0.15, 0.2) is 18.1 Å². The fourth-order valence-corrected chi connectivity index (χ4v) is 3.41. The summed E-state index contributed by atoms with van der Waals surface area (Å²) in [6.45, 7) is 1.42. The van der Waals surface area contributed by atoms with E-state index in [0.717, 1.165) is 0 Å². The number of nitrogens with zero attached hydrogens (tertiary/aromatic N) is 2. The molecule has 0 spiro atoms. The molecule has 0 bridgehead atoms. The molecule has 0 aliphatic carbocycles. The number of carbonyl (C=O) groups is 2. The molecule has 0 fully saturated rings. The first-order chi connectivity index (χ1) is 15.1. The lowest BCUT2D eigenvalue weighted by Crippen LogP contribution is -2.21. The van der Waals surface area contributed by atoms with Gasteiger partial charge in [-0.1, -0.05) is 6.07 Å². The molecule has 1 aliphatic heterocycles. The second kappa shape index (κ2) is 9.20. The number of sulfonamides is 1. The van der Waals surface area contributed by atoms with Crippen molar-refractivity contribution in [1.29, 1.82) is 0 Å². The largest absolute Gasteiger partial charge is 0.493 e. The lowest BCUT2D eigenvalue weighted by molar-refractivity contribution is -0.142. The number of hydrogen-bond donors (Lipinski definition) is 1. The maximum Gasteiger partial charge on any atom is 0.343 e. The molecule has 0 unspecified atom stereocenters. The highest BCUT2D eigenvalue weighted by Gasteiger charge is 2.29. The summed E-state index contributed by atoms with van der Waals surface area (Å²) in [6.07, 6.45) is 1.65. The van der Waals surface area contributed by atoms with Gasteiger partial charge in [-0.25, -0.2) is 18.4 Å². The van der Waals surface area contributed by atoms with Crippen LogP contribution >= 0.6 is 0 Å². The molecular weight excluding hydrogens is 438 g/mol. The van der Waals surface area contributed by atoms with Crippen molar-refractivity contribution in [3.63, 3.8) is 0 Å². The number of hydrazone groups is 1. The number of benzene rings is 2. The van der Waals surface area contributed by atoms with Gasteiger partial charge in [0.25, 0.3) is 5.91 Å². The lowest BCUT2D eigenvalue weighted by atomic mass is 10.1. The normalized spacial score (nSPS) is 15.0. The third kappa shape index (κ3) is 4.95. The maximum absolute atomic E-state index is 12.9. The molecule has 0 atom stereocenters. The number of esters is 1. The van der Waals surface area contributed by atoms with Gasteiger partial charge in [0.1, 0.15) is 0 Å². The number of nitrogens with two attached hydrogens (primary N) is 1. The first kappa shape index (κ1) is 23.0. The molecule has 0 saturated heterocycles. The molecule has 168 valence electrons. The average Bonchev–Trinajstić information content (AvgIpc) is 3.05. The number of methoxy groups -OCH3 is 2. The Hall–Kier alpha value is -3.70. The molecule has 1 heterocycles. The third-order valence-electron chi connectivity index (χ3n) is 4.54. The molecule has 2 aromatic rings. The second-order valence-electron chi connectivity index (χ2n) is 6.67. The van der Waals surface area contributed by atoms with Gasteiger partial charge in [-0.05, 0) is 55.0 Å². The van der Waals surface area contributed by atoms with Crippen molar-refractivity contribution in [3.05, 3.63) is 53.6 Å². The summed E-state index contributed by atoms with van der Waals surface area (Å²) >= 11 is 0. The van der Waals surface area contributed by atoms with Gasteiger partial charge in [0, 0.05) is 0 Å². The average molecular weight is 459 g/mol. The van der Waals surface area contributed by atoms with E-state index in [4.69, 9.17) is 14.6 Å². The van der Waals surface area contributed by atoms with Gasteiger partial charge in [-0.3, -0.25) is 4.79 Å². The molecule has 11 heteroatoms. The fourth-order valence-electron chi connectivity index (χ4n) is 2.89. The maximum atomic E-state index is 12.9. The molecule has 1 aliphatic rings. The van der Waals surface area contributed by atoms with E-state index in [1.54, 1.807) is 31.2 Å². The molecule has 10 nitrogen and oxygen atoms in total. The third-order valence-corrected chi connectivity index (χ3v) is 5.47. The van der Waals surface area contributed by atoms with Crippen LogP contribution in [0.2, 0.25) is 0 Å². The Bertz CT molecular complexity index is 1220. The number of anilines is 1. The Balaban J connectivity index is 1.84. The Morgan fingerprint density at radius 2 is 1.81 bits per heavy atom. The Morgan fingerprint density at radius 1 is 1.12 bits per heavy atom. The number of rotatable bonds is 7.